The molecule has 2 rings (SSSR count). The van der Waals surface area contributed by atoms with Gasteiger partial charge in [0.1, 0.15) is 12.1 Å². The molecule has 0 saturated carbocycles. The lowest BCUT2D eigenvalue weighted by Crippen LogP contribution is -2.03. The third-order valence-electron chi connectivity index (χ3n) is 1.80. The second-order valence-corrected chi connectivity index (χ2v) is 2.82. The second kappa shape index (κ2) is 3.87. The van der Waals surface area contributed by atoms with Crippen LogP contribution in [-0.2, 0) is 6.54 Å². The Morgan fingerprint density at radius 2 is 2.14 bits per heavy atom. The number of rotatable bonds is 3. The maximum absolute atomic E-state index is 4.85. The van der Waals surface area contributed by atoms with E-state index in [9.17, 15) is 0 Å². The van der Waals surface area contributed by atoms with E-state index in [1.807, 2.05) is 6.92 Å². The van der Waals surface area contributed by atoms with Crippen LogP contribution in [0.1, 0.15) is 11.4 Å². The molecule has 0 bridgehead atoms. The fourth-order valence-electron chi connectivity index (χ4n) is 1.08. The highest BCUT2D eigenvalue weighted by Crippen LogP contribution is 2.07. The SMILES string of the molecule is Cc1nccnc1NCc1cocn1. The molecule has 2 aromatic heterocycles. The van der Waals surface area contributed by atoms with Crippen LogP contribution in [0.15, 0.2) is 29.5 Å². The van der Waals surface area contributed by atoms with Crippen molar-refractivity contribution >= 4 is 5.82 Å². The average molecular weight is 190 g/mol. The summed E-state index contributed by atoms with van der Waals surface area (Å²) in [5.74, 6) is 0.774. The molecular formula is C9H10N4O. The van der Waals surface area contributed by atoms with Crippen LogP contribution >= 0.6 is 0 Å². The fourth-order valence-corrected chi connectivity index (χ4v) is 1.08. The van der Waals surface area contributed by atoms with Gasteiger partial charge >= 0.3 is 0 Å². The maximum atomic E-state index is 4.85. The molecule has 0 saturated heterocycles. The van der Waals surface area contributed by atoms with Gasteiger partial charge in [-0.25, -0.2) is 9.97 Å². The van der Waals surface area contributed by atoms with Crippen LogP contribution in [0.4, 0.5) is 5.82 Å². The summed E-state index contributed by atoms with van der Waals surface area (Å²) in [7, 11) is 0. The zero-order chi connectivity index (χ0) is 9.80. The zero-order valence-corrected chi connectivity index (χ0v) is 7.77. The molecule has 0 aliphatic rings. The highest BCUT2D eigenvalue weighted by molar-refractivity contribution is 5.38. The minimum atomic E-state index is 0.593. The minimum Gasteiger partial charge on any atom is -0.451 e. The van der Waals surface area contributed by atoms with Gasteiger partial charge in [0.25, 0.3) is 0 Å². The summed E-state index contributed by atoms with van der Waals surface area (Å²) in [5.41, 5.74) is 1.71. The Bertz CT molecular complexity index is 399. The van der Waals surface area contributed by atoms with Crippen molar-refractivity contribution in [3.8, 4) is 0 Å². The number of anilines is 1. The van der Waals surface area contributed by atoms with Crippen molar-refractivity contribution < 1.29 is 4.42 Å². The molecule has 0 amide bonds. The largest absolute Gasteiger partial charge is 0.451 e. The summed E-state index contributed by atoms with van der Waals surface area (Å²) in [4.78, 5) is 12.2. The van der Waals surface area contributed by atoms with Crippen molar-refractivity contribution in [2.24, 2.45) is 0 Å². The predicted molar refractivity (Wildman–Crippen MR) is 50.6 cm³/mol. The molecule has 0 unspecified atom stereocenters. The van der Waals surface area contributed by atoms with Crippen LogP contribution in [0.25, 0.3) is 0 Å². The van der Waals surface area contributed by atoms with Gasteiger partial charge in [0.05, 0.1) is 17.9 Å². The van der Waals surface area contributed by atoms with Crippen LogP contribution in [-0.4, -0.2) is 15.0 Å². The lowest BCUT2D eigenvalue weighted by molar-refractivity contribution is 0.556. The molecule has 72 valence electrons. The van der Waals surface area contributed by atoms with Gasteiger partial charge in [0, 0.05) is 12.4 Å². The molecule has 0 fully saturated rings. The highest BCUT2D eigenvalue weighted by atomic mass is 16.3. The summed E-state index contributed by atoms with van der Waals surface area (Å²) in [6.07, 6.45) is 6.31. The third kappa shape index (κ3) is 1.87. The molecule has 2 heterocycles. The van der Waals surface area contributed by atoms with E-state index in [0.29, 0.717) is 6.54 Å². The van der Waals surface area contributed by atoms with E-state index in [1.165, 1.54) is 6.39 Å². The van der Waals surface area contributed by atoms with E-state index in [0.717, 1.165) is 17.2 Å². The number of nitrogens with zero attached hydrogens (tertiary/aromatic N) is 3. The van der Waals surface area contributed by atoms with Gasteiger partial charge in [-0.2, -0.15) is 0 Å². The summed E-state index contributed by atoms with van der Waals surface area (Å²) in [6.45, 7) is 2.49. The quantitative estimate of drug-likeness (QED) is 0.792. The molecule has 0 spiro atoms. The molecule has 1 N–H and O–H groups in total. The van der Waals surface area contributed by atoms with Crippen LogP contribution in [0.2, 0.25) is 0 Å². The van der Waals surface area contributed by atoms with E-state index >= 15 is 0 Å². The molecule has 2 aromatic rings. The van der Waals surface area contributed by atoms with Gasteiger partial charge in [-0.15, -0.1) is 0 Å². The molecule has 0 aliphatic carbocycles. The number of aromatic nitrogens is 3. The van der Waals surface area contributed by atoms with Crippen LogP contribution in [0, 0.1) is 6.92 Å². The third-order valence-corrected chi connectivity index (χ3v) is 1.80. The number of hydrogen-bond donors (Lipinski definition) is 1. The predicted octanol–water partition coefficient (Wildman–Crippen LogP) is 1.39. The first kappa shape index (κ1) is 8.68. The summed E-state index contributed by atoms with van der Waals surface area (Å²) >= 11 is 0. The van der Waals surface area contributed by atoms with Crippen molar-refractivity contribution in [2.75, 3.05) is 5.32 Å². The van der Waals surface area contributed by atoms with Crippen molar-refractivity contribution in [3.63, 3.8) is 0 Å². The van der Waals surface area contributed by atoms with Crippen LogP contribution in [0.5, 0.6) is 0 Å². The van der Waals surface area contributed by atoms with Gasteiger partial charge in [-0.3, -0.25) is 4.98 Å². The Labute approximate surface area is 81.2 Å². The number of hydrogen-bond acceptors (Lipinski definition) is 5. The van der Waals surface area contributed by atoms with Gasteiger partial charge in [0.2, 0.25) is 0 Å². The smallest absolute Gasteiger partial charge is 0.180 e. The van der Waals surface area contributed by atoms with Crippen molar-refractivity contribution in [1.82, 2.24) is 15.0 Å². The fraction of sp³-hybridized carbons (Fsp3) is 0.222. The lowest BCUT2D eigenvalue weighted by atomic mass is 10.4. The van der Waals surface area contributed by atoms with E-state index in [-0.39, 0.29) is 0 Å². The van der Waals surface area contributed by atoms with E-state index in [2.05, 4.69) is 20.3 Å². The Morgan fingerprint density at radius 3 is 2.86 bits per heavy atom. The average Bonchev–Trinajstić information content (AvgIpc) is 2.69. The van der Waals surface area contributed by atoms with Gasteiger partial charge in [-0.1, -0.05) is 0 Å². The second-order valence-electron chi connectivity index (χ2n) is 2.82. The molecule has 0 aliphatic heterocycles. The molecular weight excluding hydrogens is 180 g/mol. The summed E-state index contributed by atoms with van der Waals surface area (Å²) in [6, 6.07) is 0. The normalized spacial score (nSPS) is 10.1. The number of aryl methyl sites for hydroxylation is 1. The lowest BCUT2D eigenvalue weighted by Gasteiger charge is -2.04. The van der Waals surface area contributed by atoms with Gasteiger partial charge < -0.3 is 9.73 Å². The van der Waals surface area contributed by atoms with E-state index < -0.39 is 0 Å². The van der Waals surface area contributed by atoms with Crippen molar-refractivity contribution in [1.29, 1.82) is 0 Å². The number of oxazole rings is 1. The summed E-state index contributed by atoms with van der Waals surface area (Å²) in [5, 5.41) is 3.12. The van der Waals surface area contributed by atoms with Crippen molar-refractivity contribution in [2.45, 2.75) is 13.5 Å². The molecule has 5 nitrogen and oxygen atoms in total. The zero-order valence-electron chi connectivity index (χ0n) is 7.77. The first-order valence-electron chi connectivity index (χ1n) is 4.25. The first-order chi connectivity index (χ1) is 6.86. The van der Waals surface area contributed by atoms with E-state index in [1.54, 1.807) is 18.7 Å². The first-order valence-corrected chi connectivity index (χ1v) is 4.25. The van der Waals surface area contributed by atoms with E-state index in [4.69, 9.17) is 4.42 Å². The Kier molecular flexibility index (Phi) is 2.40. The maximum Gasteiger partial charge on any atom is 0.180 e. The van der Waals surface area contributed by atoms with Crippen LogP contribution < -0.4 is 5.32 Å². The van der Waals surface area contributed by atoms with Gasteiger partial charge in [0.15, 0.2) is 6.39 Å². The number of nitrogens with one attached hydrogen (secondary N) is 1. The Balaban J connectivity index is 2.02. The standard InChI is InChI=1S/C9H10N4O/c1-7-9(11-3-2-10-7)12-4-8-5-14-6-13-8/h2-3,5-6H,4H2,1H3,(H,11,12). The van der Waals surface area contributed by atoms with Gasteiger partial charge in [-0.05, 0) is 6.92 Å². The highest BCUT2D eigenvalue weighted by Gasteiger charge is 2.00. The minimum absolute atomic E-state index is 0.593. The Hall–Kier alpha value is -1.91. The molecule has 0 radical (unpaired) electrons. The molecule has 14 heavy (non-hydrogen) atoms. The summed E-state index contributed by atoms with van der Waals surface area (Å²) < 4.78 is 4.85. The molecule has 0 atom stereocenters. The Morgan fingerprint density at radius 1 is 1.29 bits per heavy atom. The van der Waals surface area contributed by atoms with Crippen molar-refractivity contribution in [3.05, 3.63) is 36.4 Å². The van der Waals surface area contributed by atoms with Crippen LogP contribution in [0.3, 0.4) is 0 Å². The molecule has 0 aromatic carbocycles. The monoisotopic (exact) mass is 190 g/mol. The molecule has 5 heteroatoms. The topological polar surface area (TPSA) is 63.8 Å².